The second kappa shape index (κ2) is 6.32. The zero-order valence-corrected chi connectivity index (χ0v) is 12.4. The fourth-order valence-electron chi connectivity index (χ4n) is 1.94. The number of para-hydroxylation sites is 1. The molecule has 1 aliphatic rings. The molecule has 2 rings (SSSR count). The quantitative estimate of drug-likeness (QED) is 0.684. The van der Waals surface area contributed by atoms with E-state index in [4.69, 9.17) is 17.0 Å². The van der Waals surface area contributed by atoms with E-state index >= 15 is 0 Å². The first kappa shape index (κ1) is 14.9. The van der Waals surface area contributed by atoms with Crippen LogP contribution in [0.1, 0.15) is 12.5 Å². The van der Waals surface area contributed by atoms with Crippen molar-refractivity contribution in [3.8, 4) is 5.75 Å². The fraction of sp³-hybridized carbons (Fsp3) is 0.133. The van der Waals surface area contributed by atoms with Crippen LogP contribution in [0.3, 0.4) is 0 Å². The number of nitrogens with zero attached hydrogens (tertiary/aromatic N) is 1. The lowest BCUT2D eigenvalue weighted by atomic mass is 10.2. The Morgan fingerprint density at radius 2 is 2.10 bits per heavy atom. The highest BCUT2D eigenvalue weighted by molar-refractivity contribution is 7.80. The lowest BCUT2D eigenvalue weighted by Crippen LogP contribution is -2.31. The summed E-state index contributed by atoms with van der Waals surface area (Å²) >= 11 is 4.94. The van der Waals surface area contributed by atoms with Crippen LogP contribution in [0.15, 0.2) is 42.1 Å². The number of allylic oxidation sites excluding steroid dienone is 2. The summed E-state index contributed by atoms with van der Waals surface area (Å²) in [5.74, 6) is 0.0251. The van der Waals surface area contributed by atoms with Crippen LogP contribution in [0.4, 0.5) is 0 Å². The van der Waals surface area contributed by atoms with Crippen LogP contribution in [0.25, 0.3) is 6.08 Å². The Labute approximate surface area is 127 Å². The number of nitrogens with one attached hydrogen (secondary N) is 1. The lowest BCUT2D eigenvalue weighted by Gasteiger charge is -2.11. The Kier molecular flexibility index (Phi) is 4.49. The summed E-state index contributed by atoms with van der Waals surface area (Å²) in [5.41, 5.74) is 1.07. The largest absolute Gasteiger partial charge is 0.496 e. The average Bonchev–Trinajstić information content (AvgIpc) is 2.74. The Morgan fingerprint density at radius 1 is 1.38 bits per heavy atom. The molecule has 1 N–H and O–H groups in total. The highest BCUT2D eigenvalue weighted by Crippen LogP contribution is 2.19. The third-order valence-corrected chi connectivity index (χ3v) is 3.17. The van der Waals surface area contributed by atoms with Crippen LogP contribution in [0.5, 0.6) is 5.75 Å². The molecule has 1 heterocycles. The molecule has 2 amide bonds. The van der Waals surface area contributed by atoms with Gasteiger partial charge in [0.15, 0.2) is 5.11 Å². The summed E-state index contributed by atoms with van der Waals surface area (Å²) < 4.78 is 5.23. The Bertz CT molecular complexity index is 665. The highest BCUT2D eigenvalue weighted by Gasteiger charge is 2.32. The Morgan fingerprint density at radius 3 is 2.76 bits per heavy atom. The van der Waals surface area contributed by atoms with E-state index < -0.39 is 0 Å². The van der Waals surface area contributed by atoms with E-state index in [0.29, 0.717) is 0 Å². The zero-order chi connectivity index (χ0) is 15.4. The standard InChI is InChI=1S/C15H14N2O3S/c1-10(18)17-12(14(19)16-15(17)21)8-5-7-11-6-3-4-9-13(11)20-2/h3-9H,1-2H3,(H,16,19,21)/b7-5+,12-8-. The summed E-state index contributed by atoms with van der Waals surface area (Å²) in [4.78, 5) is 24.4. The number of hydrogen-bond acceptors (Lipinski definition) is 4. The molecule has 0 aliphatic carbocycles. The van der Waals surface area contributed by atoms with Crippen molar-refractivity contribution in [2.45, 2.75) is 6.92 Å². The van der Waals surface area contributed by atoms with Crippen molar-refractivity contribution in [1.82, 2.24) is 10.2 Å². The first-order valence-corrected chi connectivity index (χ1v) is 6.63. The maximum atomic E-state index is 11.7. The van der Waals surface area contributed by atoms with Gasteiger partial charge >= 0.3 is 0 Å². The summed E-state index contributed by atoms with van der Waals surface area (Å²) in [6.07, 6.45) is 5.01. The van der Waals surface area contributed by atoms with Crippen molar-refractivity contribution in [3.05, 3.63) is 47.7 Å². The van der Waals surface area contributed by atoms with Crippen LogP contribution < -0.4 is 10.1 Å². The van der Waals surface area contributed by atoms with Crippen molar-refractivity contribution >= 4 is 35.2 Å². The van der Waals surface area contributed by atoms with Gasteiger partial charge in [-0.2, -0.15) is 0 Å². The van der Waals surface area contributed by atoms with E-state index in [2.05, 4.69) is 5.32 Å². The van der Waals surface area contributed by atoms with Gasteiger partial charge in [0.2, 0.25) is 5.91 Å². The SMILES string of the molecule is COc1ccccc1/C=C/C=C1/C(=O)NC(=S)N1C(C)=O. The van der Waals surface area contributed by atoms with E-state index in [9.17, 15) is 9.59 Å². The van der Waals surface area contributed by atoms with E-state index in [1.807, 2.05) is 24.3 Å². The predicted molar refractivity (Wildman–Crippen MR) is 83.4 cm³/mol. The van der Waals surface area contributed by atoms with Gasteiger partial charge in [-0.05, 0) is 24.4 Å². The van der Waals surface area contributed by atoms with Gasteiger partial charge in [0, 0.05) is 12.5 Å². The molecule has 1 aromatic rings. The molecule has 0 aromatic heterocycles. The van der Waals surface area contributed by atoms with Crippen molar-refractivity contribution in [3.63, 3.8) is 0 Å². The number of thiocarbonyl (C=S) groups is 1. The molecule has 0 saturated carbocycles. The van der Waals surface area contributed by atoms with Crippen LogP contribution >= 0.6 is 12.2 Å². The van der Waals surface area contributed by atoms with E-state index in [1.54, 1.807) is 25.3 Å². The van der Waals surface area contributed by atoms with E-state index in [0.717, 1.165) is 11.3 Å². The maximum absolute atomic E-state index is 11.7. The number of hydrogen-bond donors (Lipinski definition) is 1. The number of rotatable bonds is 3. The third kappa shape index (κ3) is 3.17. The molecule has 0 radical (unpaired) electrons. The van der Waals surface area contributed by atoms with Crippen molar-refractivity contribution in [2.75, 3.05) is 7.11 Å². The maximum Gasteiger partial charge on any atom is 0.274 e. The van der Waals surface area contributed by atoms with Crippen LogP contribution in [-0.2, 0) is 9.59 Å². The summed E-state index contributed by atoms with van der Waals surface area (Å²) in [7, 11) is 1.59. The molecule has 1 aliphatic heterocycles. The third-order valence-electron chi connectivity index (χ3n) is 2.88. The molecule has 0 unspecified atom stereocenters. The van der Waals surface area contributed by atoms with E-state index in [-0.39, 0.29) is 22.6 Å². The average molecular weight is 302 g/mol. The second-order valence-corrected chi connectivity index (χ2v) is 4.65. The Balaban J connectivity index is 2.27. The molecule has 0 atom stereocenters. The number of methoxy groups -OCH3 is 1. The van der Waals surface area contributed by atoms with Gasteiger partial charge in [-0.3, -0.25) is 19.8 Å². The molecule has 21 heavy (non-hydrogen) atoms. The van der Waals surface area contributed by atoms with Crippen molar-refractivity contribution in [1.29, 1.82) is 0 Å². The summed E-state index contributed by atoms with van der Waals surface area (Å²) in [6, 6.07) is 7.48. The molecule has 5 nitrogen and oxygen atoms in total. The number of amides is 2. The molecule has 108 valence electrons. The minimum Gasteiger partial charge on any atom is -0.496 e. The Hall–Kier alpha value is -2.47. The van der Waals surface area contributed by atoms with Crippen molar-refractivity contribution < 1.29 is 14.3 Å². The second-order valence-electron chi connectivity index (χ2n) is 4.27. The fourth-order valence-corrected chi connectivity index (χ4v) is 2.26. The number of ether oxygens (including phenoxy) is 1. The number of benzene rings is 1. The first-order valence-electron chi connectivity index (χ1n) is 6.22. The van der Waals surface area contributed by atoms with Gasteiger partial charge in [0.1, 0.15) is 11.4 Å². The minimum atomic E-state index is -0.389. The number of carbonyl (C=O) groups is 2. The lowest BCUT2D eigenvalue weighted by molar-refractivity contribution is -0.125. The van der Waals surface area contributed by atoms with Gasteiger partial charge in [-0.15, -0.1) is 0 Å². The smallest absolute Gasteiger partial charge is 0.274 e. The highest BCUT2D eigenvalue weighted by atomic mass is 32.1. The van der Waals surface area contributed by atoms with E-state index in [1.165, 1.54) is 11.8 Å². The predicted octanol–water partition coefficient (Wildman–Crippen LogP) is 1.86. The summed E-state index contributed by atoms with van der Waals surface area (Å²) in [5, 5.41) is 2.54. The van der Waals surface area contributed by atoms with Crippen LogP contribution in [0.2, 0.25) is 0 Å². The molecule has 0 bridgehead atoms. The van der Waals surface area contributed by atoms with Gasteiger partial charge in [0.25, 0.3) is 5.91 Å². The molecule has 1 aromatic carbocycles. The molecule has 0 spiro atoms. The van der Waals surface area contributed by atoms with Gasteiger partial charge in [-0.1, -0.05) is 30.4 Å². The van der Waals surface area contributed by atoms with Gasteiger partial charge in [-0.25, -0.2) is 0 Å². The van der Waals surface area contributed by atoms with Gasteiger partial charge < -0.3 is 4.74 Å². The monoisotopic (exact) mass is 302 g/mol. The normalized spacial score (nSPS) is 16.7. The minimum absolute atomic E-state index is 0.101. The van der Waals surface area contributed by atoms with Crippen molar-refractivity contribution in [2.24, 2.45) is 0 Å². The molecular formula is C15H14N2O3S. The van der Waals surface area contributed by atoms with Gasteiger partial charge in [0.05, 0.1) is 7.11 Å². The molecule has 1 saturated heterocycles. The molecule has 1 fully saturated rings. The topological polar surface area (TPSA) is 58.6 Å². The van der Waals surface area contributed by atoms with Crippen LogP contribution in [0, 0.1) is 0 Å². The zero-order valence-electron chi connectivity index (χ0n) is 11.6. The first-order chi connectivity index (χ1) is 10.0. The molecular weight excluding hydrogens is 288 g/mol. The molecule has 6 heteroatoms. The summed E-state index contributed by atoms with van der Waals surface area (Å²) in [6.45, 7) is 1.35. The number of carbonyl (C=O) groups excluding carboxylic acids is 2. The van der Waals surface area contributed by atoms with Crippen LogP contribution in [-0.4, -0.2) is 28.9 Å².